The molecule has 0 saturated carbocycles. The Morgan fingerprint density at radius 2 is 1.93 bits per heavy atom. The summed E-state index contributed by atoms with van der Waals surface area (Å²) >= 11 is 0. The lowest BCUT2D eigenvalue weighted by Crippen LogP contribution is -2.24. The summed E-state index contributed by atoms with van der Waals surface area (Å²) in [6, 6.07) is 6.66. The van der Waals surface area contributed by atoms with Gasteiger partial charge in [-0.2, -0.15) is 13.2 Å². The highest BCUT2D eigenvalue weighted by atomic mass is 19.4. The largest absolute Gasteiger partial charge is 0.493 e. The molecule has 1 N–H and O–H groups in total. The van der Waals surface area contributed by atoms with Gasteiger partial charge in [-0.15, -0.1) is 0 Å². The third-order valence-electron chi connectivity index (χ3n) is 3.73. The number of nitrogens with one attached hydrogen (secondary N) is 1. The van der Waals surface area contributed by atoms with Crippen molar-refractivity contribution in [2.75, 3.05) is 13.7 Å². The van der Waals surface area contributed by atoms with Crippen molar-refractivity contribution in [1.82, 2.24) is 5.32 Å². The van der Waals surface area contributed by atoms with Crippen molar-refractivity contribution in [2.45, 2.75) is 19.6 Å². The molecule has 0 bridgehead atoms. The van der Waals surface area contributed by atoms with Gasteiger partial charge in [0.25, 0.3) is 11.6 Å². The Hall–Kier alpha value is -3.30. The SMILES string of the molecule is CCOc1cc(C(=O)NCc2cccc(C(F)(F)F)c2)c([N+](=O)[O-])cc1OC. The van der Waals surface area contributed by atoms with Crippen LogP contribution in [0.15, 0.2) is 36.4 Å². The molecule has 10 heteroatoms. The van der Waals surface area contributed by atoms with Crippen LogP contribution in [0, 0.1) is 10.1 Å². The first kappa shape index (κ1) is 21.0. The van der Waals surface area contributed by atoms with Crippen molar-refractivity contribution in [3.8, 4) is 11.5 Å². The molecule has 0 radical (unpaired) electrons. The maximum Gasteiger partial charge on any atom is 0.416 e. The van der Waals surface area contributed by atoms with Crippen LogP contribution in [0.1, 0.15) is 28.4 Å². The van der Waals surface area contributed by atoms with Gasteiger partial charge < -0.3 is 14.8 Å². The van der Waals surface area contributed by atoms with Gasteiger partial charge >= 0.3 is 6.18 Å². The number of benzene rings is 2. The van der Waals surface area contributed by atoms with Gasteiger partial charge in [-0.1, -0.05) is 12.1 Å². The zero-order chi connectivity index (χ0) is 20.9. The highest BCUT2D eigenvalue weighted by molar-refractivity contribution is 5.99. The molecule has 0 unspecified atom stereocenters. The first-order valence-electron chi connectivity index (χ1n) is 8.11. The quantitative estimate of drug-likeness (QED) is 0.563. The summed E-state index contributed by atoms with van der Waals surface area (Å²) in [5.74, 6) is -0.601. The van der Waals surface area contributed by atoms with E-state index < -0.39 is 28.3 Å². The average Bonchev–Trinajstić information content (AvgIpc) is 2.65. The van der Waals surface area contributed by atoms with E-state index in [2.05, 4.69) is 5.32 Å². The number of nitro groups is 1. The molecule has 2 aromatic rings. The number of amides is 1. The summed E-state index contributed by atoms with van der Waals surface area (Å²) in [4.78, 5) is 23.0. The minimum absolute atomic E-state index is 0.0861. The highest BCUT2D eigenvalue weighted by Gasteiger charge is 2.30. The summed E-state index contributed by atoms with van der Waals surface area (Å²) in [6.45, 7) is 1.68. The van der Waals surface area contributed by atoms with Crippen LogP contribution in [0.3, 0.4) is 0 Å². The lowest BCUT2D eigenvalue weighted by atomic mass is 10.1. The van der Waals surface area contributed by atoms with Crippen molar-refractivity contribution in [3.05, 3.63) is 63.2 Å². The van der Waals surface area contributed by atoms with Crippen molar-refractivity contribution in [2.24, 2.45) is 0 Å². The summed E-state index contributed by atoms with van der Waals surface area (Å²) in [6.07, 6.45) is -4.51. The number of methoxy groups -OCH3 is 1. The molecule has 0 aromatic heterocycles. The fourth-order valence-electron chi connectivity index (χ4n) is 2.45. The Kier molecular flexibility index (Phi) is 6.45. The number of carbonyl (C=O) groups is 1. The minimum Gasteiger partial charge on any atom is -0.493 e. The molecule has 2 aromatic carbocycles. The van der Waals surface area contributed by atoms with E-state index >= 15 is 0 Å². The van der Waals surface area contributed by atoms with Crippen LogP contribution in [-0.2, 0) is 12.7 Å². The lowest BCUT2D eigenvalue weighted by molar-refractivity contribution is -0.385. The second kappa shape index (κ2) is 8.59. The number of nitro benzene ring substituents is 1. The molecule has 0 fully saturated rings. The molecule has 0 aliphatic heterocycles. The number of hydrogen-bond acceptors (Lipinski definition) is 5. The van der Waals surface area contributed by atoms with Crippen LogP contribution in [0.5, 0.6) is 11.5 Å². The number of alkyl halides is 3. The number of hydrogen-bond donors (Lipinski definition) is 1. The van der Waals surface area contributed by atoms with E-state index in [0.717, 1.165) is 18.2 Å². The molecule has 150 valence electrons. The zero-order valence-corrected chi connectivity index (χ0v) is 15.0. The fourth-order valence-corrected chi connectivity index (χ4v) is 2.45. The minimum atomic E-state index is -4.51. The van der Waals surface area contributed by atoms with E-state index in [9.17, 15) is 28.1 Å². The predicted octanol–water partition coefficient (Wildman–Crippen LogP) is 3.95. The van der Waals surface area contributed by atoms with Gasteiger partial charge in [0.1, 0.15) is 5.56 Å². The summed E-state index contributed by atoms with van der Waals surface area (Å²) in [5, 5.41) is 13.7. The predicted molar refractivity (Wildman–Crippen MR) is 93.4 cm³/mol. The normalized spacial score (nSPS) is 11.0. The van der Waals surface area contributed by atoms with Gasteiger partial charge in [-0.05, 0) is 24.6 Å². The molecule has 0 saturated heterocycles. The molecule has 0 spiro atoms. The number of carbonyl (C=O) groups excluding carboxylic acids is 1. The van der Waals surface area contributed by atoms with Crippen LogP contribution in [-0.4, -0.2) is 24.5 Å². The van der Waals surface area contributed by atoms with E-state index in [1.165, 1.54) is 25.3 Å². The van der Waals surface area contributed by atoms with Crippen LogP contribution in [0.2, 0.25) is 0 Å². The molecular weight excluding hydrogens is 381 g/mol. The highest BCUT2D eigenvalue weighted by Crippen LogP contribution is 2.35. The third kappa shape index (κ3) is 4.90. The van der Waals surface area contributed by atoms with Gasteiger partial charge in [0.15, 0.2) is 11.5 Å². The van der Waals surface area contributed by atoms with Crippen LogP contribution < -0.4 is 14.8 Å². The molecule has 0 aliphatic rings. The van der Waals surface area contributed by atoms with Gasteiger partial charge in [0.2, 0.25) is 0 Å². The van der Waals surface area contributed by atoms with Gasteiger partial charge in [-0.3, -0.25) is 14.9 Å². The number of halogens is 3. The number of ether oxygens (including phenoxy) is 2. The molecule has 0 heterocycles. The first-order chi connectivity index (χ1) is 13.2. The van der Waals surface area contributed by atoms with Gasteiger partial charge in [0, 0.05) is 12.6 Å². The second-order valence-electron chi connectivity index (χ2n) is 5.59. The van der Waals surface area contributed by atoms with Crippen molar-refractivity contribution < 1.29 is 32.4 Å². The van der Waals surface area contributed by atoms with Gasteiger partial charge in [0.05, 0.1) is 30.3 Å². The van der Waals surface area contributed by atoms with E-state index in [4.69, 9.17) is 9.47 Å². The van der Waals surface area contributed by atoms with E-state index in [0.29, 0.717) is 0 Å². The Morgan fingerprint density at radius 1 is 1.21 bits per heavy atom. The average molecular weight is 398 g/mol. The molecular formula is C18H17F3N2O5. The van der Waals surface area contributed by atoms with Crippen LogP contribution >= 0.6 is 0 Å². The Balaban J connectivity index is 2.28. The molecule has 7 nitrogen and oxygen atoms in total. The Bertz CT molecular complexity index is 884. The van der Waals surface area contributed by atoms with E-state index in [-0.39, 0.29) is 35.8 Å². The van der Waals surface area contributed by atoms with Crippen molar-refractivity contribution >= 4 is 11.6 Å². The Morgan fingerprint density at radius 3 is 2.50 bits per heavy atom. The first-order valence-corrected chi connectivity index (χ1v) is 8.11. The maximum absolute atomic E-state index is 12.8. The van der Waals surface area contributed by atoms with Crippen molar-refractivity contribution in [3.63, 3.8) is 0 Å². The number of rotatable bonds is 7. The topological polar surface area (TPSA) is 90.7 Å². The second-order valence-corrected chi connectivity index (χ2v) is 5.59. The smallest absolute Gasteiger partial charge is 0.416 e. The maximum atomic E-state index is 12.8. The lowest BCUT2D eigenvalue weighted by Gasteiger charge is -2.12. The Labute approximate surface area is 158 Å². The summed E-state index contributed by atoms with van der Waals surface area (Å²) in [7, 11) is 1.30. The molecule has 0 atom stereocenters. The summed E-state index contributed by atoms with van der Waals surface area (Å²) < 4.78 is 48.7. The number of nitrogens with zero attached hydrogens (tertiary/aromatic N) is 1. The van der Waals surface area contributed by atoms with E-state index in [1.54, 1.807) is 6.92 Å². The summed E-state index contributed by atoms with van der Waals surface area (Å²) in [5.41, 5.74) is -1.46. The molecule has 0 aliphatic carbocycles. The third-order valence-corrected chi connectivity index (χ3v) is 3.73. The molecule has 2 rings (SSSR count). The van der Waals surface area contributed by atoms with Crippen molar-refractivity contribution in [1.29, 1.82) is 0 Å². The monoisotopic (exact) mass is 398 g/mol. The fraction of sp³-hybridized carbons (Fsp3) is 0.278. The zero-order valence-electron chi connectivity index (χ0n) is 15.0. The standard InChI is InChI=1S/C18H17F3N2O5/c1-3-28-16-8-13(14(23(25)26)9-15(16)27-2)17(24)22-10-11-5-4-6-12(7-11)18(19,20)21/h4-9H,3,10H2,1-2H3,(H,22,24). The van der Waals surface area contributed by atoms with Gasteiger partial charge in [-0.25, -0.2) is 0 Å². The molecule has 1 amide bonds. The van der Waals surface area contributed by atoms with Crippen LogP contribution in [0.25, 0.3) is 0 Å². The van der Waals surface area contributed by atoms with E-state index in [1.807, 2.05) is 0 Å². The van der Waals surface area contributed by atoms with Crippen LogP contribution in [0.4, 0.5) is 18.9 Å². The molecule has 28 heavy (non-hydrogen) atoms.